The molecule has 0 aliphatic heterocycles. The number of hydrogen-bond acceptors (Lipinski definition) is 3. The first-order chi connectivity index (χ1) is 6.81. The van der Waals surface area contributed by atoms with Gasteiger partial charge < -0.3 is 0 Å². The fraction of sp³-hybridized carbons (Fsp3) is 0.727. The van der Waals surface area contributed by atoms with Crippen molar-refractivity contribution < 1.29 is 0 Å². The molecule has 1 aliphatic carbocycles. The van der Waals surface area contributed by atoms with Gasteiger partial charge in [0.2, 0.25) is 0 Å². The van der Waals surface area contributed by atoms with Crippen molar-refractivity contribution in [1.82, 2.24) is 0 Å². The van der Waals surface area contributed by atoms with Gasteiger partial charge in [0.05, 0.1) is 30.0 Å². The molecule has 0 aromatic rings. The largest absolute Gasteiger partial charge is 0.198 e. The van der Waals surface area contributed by atoms with Crippen LogP contribution in [-0.4, -0.2) is 0 Å². The summed E-state index contributed by atoms with van der Waals surface area (Å²) in [6.45, 7) is 0. The molecule has 0 heterocycles. The molecule has 1 rings (SSSR count). The van der Waals surface area contributed by atoms with E-state index in [2.05, 4.69) is 18.2 Å². The zero-order valence-corrected chi connectivity index (χ0v) is 8.11. The van der Waals surface area contributed by atoms with Crippen molar-refractivity contribution in [3.05, 3.63) is 0 Å². The zero-order valence-electron chi connectivity index (χ0n) is 8.11. The predicted octanol–water partition coefficient (Wildman–Crippen LogP) is 2.37. The Morgan fingerprint density at radius 1 is 0.786 bits per heavy atom. The van der Waals surface area contributed by atoms with E-state index < -0.39 is 0 Å². The van der Waals surface area contributed by atoms with Gasteiger partial charge in [0.1, 0.15) is 0 Å². The fourth-order valence-corrected chi connectivity index (χ4v) is 1.96. The zero-order chi connectivity index (χ0) is 10.4. The Labute approximate surface area is 84.6 Å². The Morgan fingerprint density at radius 2 is 1.43 bits per heavy atom. The van der Waals surface area contributed by atoms with E-state index in [1.165, 1.54) is 0 Å². The molecule has 72 valence electrons. The quantitative estimate of drug-likeness (QED) is 0.584. The molecule has 0 spiro atoms. The van der Waals surface area contributed by atoms with Crippen molar-refractivity contribution in [2.24, 2.45) is 17.8 Å². The summed E-state index contributed by atoms with van der Waals surface area (Å²) in [6.07, 6.45) is 4.24. The van der Waals surface area contributed by atoms with Crippen LogP contribution in [0.15, 0.2) is 0 Å². The maximum absolute atomic E-state index is 8.91. The molecule has 3 nitrogen and oxygen atoms in total. The van der Waals surface area contributed by atoms with Crippen LogP contribution in [0.2, 0.25) is 0 Å². The van der Waals surface area contributed by atoms with Crippen molar-refractivity contribution in [2.75, 3.05) is 0 Å². The summed E-state index contributed by atoms with van der Waals surface area (Å²) < 4.78 is 0. The van der Waals surface area contributed by atoms with Gasteiger partial charge >= 0.3 is 0 Å². The van der Waals surface area contributed by atoms with Crippen LogP contribution < -0.4 is 0 Å². The third kappa shape index (κ3) is 2.48. The summed E-state index contributed by atoms with van der Waals surface area (Å²) >= 11 is 0. The molecule has 3 heteroatoms. The minimum atomic E-state index is -0.245. The predicted molar refractivity (Wildman–Crippen MR) is 50.4 cm³/mol. The highest BCUT2D eigenvalue weighted by molar-refractivity contribution is 5.02. The first-order valence-corrected chi connectivity index (χ1v) is 5.00. The molecule has 0 amide bonds. The average Bonchev–Trinajstić information content (AvgIpc) is 2.19. The second-order valence-electron chi connectivity index (χ2n) is 3.82. The molecule has 0 saturated heterocycles. The molecule has 1 aliphatic rings. The van der Waals surface area contributed by atoms with Crippen LogP contribution in [0.3, 0.4) is 0 Å². The second-order valence-corrected chi connectivity index (χ2v) is 3.82. The first kappa shape index (κ1) is 10.6. The van der Waals surface area contributed by atoms with Crippen molar-refractivity contribution in [3.63, 3.8) is 0 Å². The number of rotatable bonds is 0. The molecule has 0 aromatic heterocycles. The third-order valence-corrected chi connectivity index (χ3v) is 2.86. The van der Waals surface area contributed by atoms with Crippen molar-refractivity contribution in [2.45, 2.75) is 32.1 Å². The number of nitriles is 3. The average molecular weight is 187 g/mol. The molecule has 3 unspecified atom stereocenters. The molecule has 0 N–H and O–H groups in total. The summed E-state index contributed by atoms with van der Waals surface area (Å²) in [7, 11) is 0. The summed E-state index contributed by atoms with van der Waals surface area (Å²) in [4.78, 5) is 0. The highest BCUT2D eigenvalue weighted by atomic mass is 14.4. The third-order valence-electron chi connectivity index (χ3n) is 2.86. The SMILES string of the molecule is N#CC1CCCCC(C#N)C(C#N)C1. The van der Waals surface area contributed by atoms with Gasteiger partial charge in [-0.3, -0.25) is 0 Å². The Balaban J connectivity index is 2.70. The van der Waals surface area contributed by atoms with E-state index in [0.29, 0.717) is 6.42 Å². The van der Waals surface area contributed by atoms with Crippen LogP contribution in [0.4, 0.5) is 0 Å². The topological polar surface area (TPSA) is 71.4 Å². The summed E-state index contributed by atoms with van der Waals surface area (Å²) in [5.41, 5.74) is 0. The Morgan fingerprint density at radius 3 is 2.00 bits per heavy atom. The van der Waals surface area contributed by atoms with E-state index >= 15 is 0 Å². The van der Waals surface area contributed by atoms with Gasteiger partial charge in [-0.25, -0.2) is 0 Å². The minimum absolute atomic E-state index is 0.0317. The van der Waals surface area contributed by atoms with Crippen LogP contribution >= 0.6 is 0 Å². The Bertz CT molecular complexity index is 302. The number of hydrogen-bond donors (Lipinski definition) is 0. The van der Waals surface area contributed by atoms with Gasteiger partial charge in [-0.1, -0.05) is 12.8 Å². The Kier molecular flexibility index (Phi) is 3.96. The van der Waals surface area contributed by atoms with Crippen LogP contribution in [0, 0.1) is 51.7 Å². The lowest BCUT2D eigenvalue weighted by atomic mass is 9.79. The van der Waals surface area contributed by atoms with Gasteiger partial charge in [-0.05, 0) is 19.3 Å². The fourth-order valence-electron chi connectivity index (χ4n) is 1.96. The maximum Gasteiger partial charge on any atom is 0.0670 e. The van der Waals surface area contributed by atoms with Crippen molar-refractivity contribution in [1.29, 1.82) is 15.8 Å². The first-order valence-electron chi connectivity index (χ1n) is 5.00. The standard InChI is InChI=1S/C11H13N3/c12-6-9-3-1-2-4-10(7-13)11(5-9)8-14/h9-11H,1-5H2. The molecule has 0 radical (unpaired) electrons. The van der Waals surface area contributed by atoms with Crippen molar-refractivity contribution >= 4 is 0 Å². The van der Waals surface area contributed by atoms with Crippen molar-refractivity contribution in [3.8, 4) is 18.2 Å². The van der Waals surface area contributed by atoms with Crippen LogP contribution in [0.5, 0.6) is 0 Å². The number of nitrogens with zero attached hydrogens (tertiary/aromatic N) is 3. The van der Waals surface area contributed by atoms with Crippen LogP contribution in [0.1, 0.15) is 32.1 Å². The maximum atomic E-state index is 8.91. The highest BCUT2D eigenvalue weighted by Gasteiger charge is 2.26. The summed E-state index contributed by atoms with van der Waals surface area (Å²) in [6, 6.07) is 6.57. The smallest absolute Gasteiger partial charge is 0.0670 e. The van der Waals surface area contributed by atoms with Crippen LogP contribution in [-0.2, 0) is 0 Å². The van der Waals surface area contributed by atoms with Gasteiger partial charge in [-0.15, -0.1) is 0 Å². The minimum Gasteiger partial charge on any atom is -0.198 e. The lowest BCUT2D eigenvalue weighted by Crippen LogP contribution is -2.18. The molecule has 1 fully saturated rings. The molecule has 0 bridgehead atoms. The van der Waals surface area contributed by atoms with E-state index in [0.717, 1.165) is 25.7 Å². The van der Waals surface area contributed by atoms with E-state index in [1.807, 2.05) is 0 Å². The molecule has 14 heavy (non-hydrogen) atoms. The molecular weight excluding hydrogens is 174 g/mol. The summed E-state index contributed by atoms with van der Waals surface area (Å²) in [5, 5.41) is 26.6. The van der Waals surface area contributed by atoms with Gasteiger partial charge in [0.15, 0.2) is 0 Å². The summed E-state index contributed by atoms with van der Waals surface area (Å²) in [5.74, 6) is -0.447. The van der Waals surface area contributed by atoms with Gasteiger partial charge in [-0.2, -0.15) is 15.8 Å². The second kappa shape index (κ2) is 5.25. The molecular formula is C11H13N3. The lowest BCUT2D eigenvalue weighted by Gasteiger charge is -2.21. The molecule has 1 saturated carbocycles. The molecule has 0 aromatic carbocycles. The highest BCUT2D eigenvalue weighted by Crippen LogP contribution is 2.30. The van der Waals surface area contributed by atoms with E-state index in [9.17, 15) is 0 Å². The lowest BCUT2D eigenvalue weighted by molar-refractivity contribution is 0.336. The van der Waals surface area contributed by atoms with Gasteiger partial charge in [0.25, 0.3) is 0 Å². The monoisotopic (exact) mass is 187 g/mol. The van der Waals surface area contributed by atoms with E-state index in [1.54, 1.807) is 0 Å². The van der Waals surface area contributed by atoms with E-state index in [-0.39, 0.29) is 17.8 Å². The van der Waals surface area contributed by atoms with Gasteiger partial charge in [0, 0.05) is 5.92 Å². The van der Waals surface area contributed by atoms with Crippen LogP contribution in [0.25, 0.3) is 0 Å². The normalized spacial score (nSPS) is 32.8. The van der Waals surface area contributed by atoms with E-state index in [4.69, 9.17) is 15.8 Å². The molecule has 3 atom stereocenters. The Hall–Kier alpha value is -1.53.